The minimum Gasteiger partial charge on any atom is -0.268 e. The Morgan fingerprint density at radius 3 is 2.27 bits per heavy atom. The summed E-state index contributed by atoms with van der Waals surface area (Å²) in [6.07, 6.45) is 0. The summed E-state index contributed by atoms with van der Waals surface area (Å²) in [7, 11) is 1.88. The lowest BCUT2D eigenvalue weighted by Gasteiger charge is -2.06. The van der Waals surface area contributed by atoms with Crippen LogP contribution in [0.4, 0.5) is 0 Å². The Labute approximate surface area is 98.4 Å². The molecule has 78 valence electrons. The van der Waals surface area contributed by atoms with Crippen molar-refractivity contribution in [2.24, 2.45) is 7.05 Å². The second-order valence-corrected chi connectivity index (χ2v) is 4.21. The van der Waals surface area contributed by atoms with Crippen molar-refractivity contribution in [3.05, 3.63) is 40.0 Å². The summed E-state index contributed by atoms with van der Waals surface area (Å²) in [6, 6.07) is 7.45. The zero-order valence-corrected chi connectivity index (χ0v) is 9.97. The van der Waals surface area contributed by atoms with Gasteiger partial charge in [-0.25, -0.2) is 0 Å². The molecule has 15 heavy (non-hydrogen) atoms. The molecule has 0 fully saturated rings. The van der Waals surface area contributed by atoms with Gasteiger partial charge in [0, 0.05) is 12.6 Å². The third-order valence-corrected chi connectivity index (χ3v) is 2.85. The molecule has 2 aromatic rings. The lowest BCUT2D eigenvalue weighted by molar-refractivity contribution is 0.764. The van der Waals surface area contributed by atoms with Gasteiger partial charge in [0.2, 0.25) is 0 Å². The highest BCUT2D eigenvalue weighted by atomic mass is 35.5. The minimum absolute atomic E-state index is 0.644. The Kier molecular flexibility index (Phi) is 2.72. The predicted octanol–water partition coefficient (Wildman–Crippen LogP) is 3.70. The normalized spacial score (nSPS) is 10.7. The molecular weight excluding hydrogens is 231 g/mol. The van der Waals surface area contributed by atoms with Gasteiger partial charge in [-0.2, -0.15) is 5.10 Å². The highest BCUT2D eigenvalue weighted by molar-refractivity contribution is 6.39. The topological polar surface area (TPSA) is 17.8 Å². The van der Waals surface area contributed by atoms with Gasteiger partial charge in [0.05, 0.1) is 21.4 Å². The van der Waals surface area contributed by atoms with Gasteiger partial charge in [-0.05, 0) is 25.1 Å². The quantitative estimate of drug-likeness (QED) is 0.744. The van der Waals surface area contributed by atoms with Gasteiger partial charge in [0.15, 0.2) is 0 Å². The van der Waals surface area contributed by atoms with Gasteiger partial charge < -0.3 is 0 Å². The molecule has 0 amide bonds. The maximum atomic E-state index is 6.12. The van der Waals surface area contributed by atoms with Crippen LogP contribution in [0.1, 0.15) is 5.69 Å². The van der Waals surface area contributed by atoms with E-state index in [2.05, 4.69) is 5.10 Å². The first-order valence-corrected chi connectivity index (χ1v) is 5.30. The van der Waals surface area contributed by atoms with Crippen molar-refractivity contribution in [3.8, 4) is 11.3 Å². The van der Waals surface area contributed by atoms with Gasteiger partial charge in [-0.15, -0.1) is 0 Å². The van der Waals surface area contributed by atoms with Crippen LogP contribution in [-0.2, 0) is 7.05 Å². The maximum absolute atomic E-state index is 6.12. The lowest BCUT2D eigenvalue weighted by Crippen LogP contribution is -1.94. The molecule has 0 unspecified atom stereocenters. The zero-order chi connectivity index (χ0) is 11.0. The number of aromatic nitrogens is 2. The summed E-state index contributed by atoms with van der Waals surface area (Å²) in [5.74, 6) is 0. The third-order valence-electron chi connectivity index (χ3n) is 2.22. The Morgan fingerprint density at radius 2 is 1.80 bits per heavy atom. The maximum Gasteiger partial charge on any atom is 0.0711 e. The predicted molar refractivity (Wildman–Crippen MR) is 63.4 cm³/mol. The average Bonchev–Trinajstić information content (AvgIpc) is 2.45. The van der Waals surface area contributed by atoms with Crippen LogP contribution in [-0.4, -0.2) is 9.78 Å². The first-order valence-electron chi connectivity index (χ1n) is 4.54. The Bertz CT molecular complexity index is 483. The molecule has 0 aliphatic rings. The van der Waals surface area contributed by atoms with Crippen LogP contribution >= 0.6 is 23.2 Å². The SMILES string of the molecule is Cc1cc(-c2c(Cl)cccc2Cl)n(C)n1. The van der Waals surface area contributed by atoms with E-state index in [9.17, 15) is 0 Å². The van der Waals surface area contributed by atoms with Gasteiger partial charge in [0.25, 0.3) is 0 Å². The number of hydrogen-bond donors (Lipinski definition) is 0. The fourth-order valence-electron chi connectivity index (χ4n) is 1.59. The molecule has 0 spiro atoms. The standard InChI is InChI=1S/C11H10Cl2N2/c1-7-6-10(15(2)14-7)11-8(12)4-3-5-9(11)13/h3-6H,1-2H3. The van der Waals surface area contributed by atoms with E-state index < -0.39 is 0 Å². The number of rotatable bonds is 1. The van der Waals surface area contributed by atoms with E-state index in [1.54, 1.807) is 4.68 Å². The average molecular weight is 241 g/mol. The molecule has 1 heterocycles. The van der Waals surface area contributed by atoms with Crippen LogP contribution in [0, 0.1) is 6.92 Å². The zero-order valence-electron chi connectivity index (χ0n) is 8.46. The van der Waals surface area contributed by atoms with Crippen molar-refractivity contribution in [3.63, 3.8) is 0 Å². The molecule has 1 aromatic heterocycles. The van der Waals surface area contributed by atoms with Crippen molar-refractivity contribution in [1.82, 2.24) is 9.78 Å². The smallest absolute Gasteiger partial charge is 0.0711 e. The molecule has 0 saturated heterocycles. The lowest BCUT2D eigenvalue weighted by atomic mass is 10.1. The Morgan fingerprint density at radius 1 is 1.20 bits per heavy atom. The molecule has 2 rings (SSSR count). The second-order valence-electron chi connectivity index (χ2n) is 3.39. The molecule has 0 bridgehead atoms. The fourth-order valence-corrected chi connectivity index (χ4v) is 2.18. The Hall–Kier alpha value is -0.990. The van der Waals surface area contributed by atoms with Crippen molar-refractivity contribution in [1.29, 1.82) is 0 Å². The van der Waals surface area contributed by atoms with E-state index in [1.807, 2.05) is 38.2 Å². The van der Waals surface area contributed by atoms with Gasteiger partial charge >= 0.3 is 0 Å². The second kappa shape index (κ2) is 3.87. The van der Waals surface area contributed by atoms with E-state index in [4.69, 9.17) is 23.2 Å². The number of hydrogen-bond acceptors (Lipinski definition) is 1. The van der Waals surface area contributed by atoms with E-state index in [0.717, 1.165) is 17.0 Å². The number of nitrogens with zero attached hydrogens (tertiary/aromatic N) is 2. The number of benzene rings is 1. The van der Waals surface area contributed by atoms with Crippen molar-refractivity contribution < 1.29 is 0 Å². The molecule has 0 aliphatic carbocycles. The highest BCUT2D eigenvalue weighted by Gasteiger charge is 2.12. The largest absolute Gasteiger partial charge is 0.268 e. The molecule has 0 radical (unpaired) electrons. The van der Waals surface area contributed by atoms with Crippen molar-refractivity contribution >= 4 is 23.2 Å². The van der Waals surface area contributed by atoms with E-state index in [1.165, 1.54) is 0 Å². The van der Waals surface area contributed by atoms with Gasteiger partial charge in [-0.3, -0.25) is 4.68 Å². The fraction of sp³-hybridized carbons (Fsp3) is 0.182. The molecule has 0 atom stereocenters. The van der Waals surface area contributed by atoms with Crippen LogP contribution < -0.4 is 0 Å². The van der Waals surface area contributed by atoms with Crippen LogP contribution in [0.25, 0.3) is 11.3 Å². The van der Waals surface area contributed by atoms with E-state index in [-0.39, 0.29) is 0 Å². The first kappa shape index (κ1) is 10.5. The van der Waals surface area contributed by atoms with Gasteiger partial charge in [0.1, 0.15) is 0 Å². The molecule has 0 N–H and O–H groups in total. The molecule has 2 nitrogen and oxygen atoms in total. The molecule has 1 aromatic carbocycles. The van der Waals surface area contributed by atoms with Crippen molar-refractivity contribution in [2.75, 3.05) is 0 Å². The molecule has 4 heteroatoms. The Balaban J connectivity index is 2.68. The van der Waals surface area contributed by atoms with Crippen molar-refractivity contribution in [2.45, 2.75) is 6.92 Å². The number of halogens is 2. The molecule has 0 aliphatic heterocycles. The summed E-state index contributed by atoms with van der Waals surface area (Å²) in [5, 5.41) is 5.56. The van der Waals surface area contributed by atoms with E-state index >= 15 is 0 Å². The molecular formula is C11H10Cl2N2. The van der Waals surface area contributed by atoms with E-state index in [0.29, 0.717) is 10.0 Å². The first-order chi connectivity index (χ1) is 7.09. The van der Waals surface area contributed by atoms with Crippen LogP contribution in [0.15, 0.2) is 24.3 Å². The summed E-state index contributed by atoms with van der Waals surface area (Å²) in [4.78, 5) is 0. The van der Waals surface area contributed by atoms with Crippen LogP contribution in [0.3, 0.4) is 0 Å². The highest BCUT2D eigenvalue weighted by Crippen LogP contribution is 2.34. The number of aryl methyl sites for hydroxylation is 2. The summed E-state index contributed by atoms with van der Waals surface area (Å²) in [5.41, 5.74) is 2.72. The third kappa shape index (κ3) is 1.87. The monoisotopic (exact) mass is 240 g/mol. The van der Waals surface area contributed by atoms with Crippen LogP contribution in [0.5, 0.6) is 0 Å². The summed E-state index contributed by atoms with van der Waals surface area (Å²) in [6.45, 7) is 1.94. The summed E-state index contributed by atoms with van der Waals surface area (Å²) < 4.78 is 1.78. The molecule has 0 saturated carbocycles. The summed E-state index contributed by atoms with van der Waals surface area (Å²) >= 11 is 12.2. The van der Waals surface area contributed by atoms with Gasteiger partial charge in [-0.1, -0.05) is 29.3 Å². The minimum atomic E-state index is 0.644. The van der Waals surface area contributed by atoms with Crippen LogP contribution in [0.2, 0.25) is 10.0 Å².